The molecule has 0 bridgehead atoms. The van der Waals surface area contributed by atoms with E-state index in [9.17, 15) is 0 Å². The average molecular weight is 219 g/mol. The summed E-state index contributed by atoms with van der Waals surface area (Å²) in [4.78, 5) is 4.28. The van der Waals surface area contributed by atoms with Crippen LogP contribution in [0.4, 0.5) is 5.95 Å². The van der Waals surface area contributed by atoms with Gasteiger partial charge in [0.1, 0.15) is 0 Å². The smallest absolute Gasteiger partial charge is 0.207 e. The molecule has 0 saturated carbocycles. The monoisotopic (exact) mass is 219 g/mol. The number of imidazole rings is 1. The molecule has 0 amide bonds. The van der Waals surface area contributed by atoms with Crippen LogP contribution in [0.1, 0.15) is 20.8 Å². The van der Waals surface area contributed by atoms with Gasteiger partial charge in [0, 0.05) is 31.2 Å². The van der Waals surface area contributed by atoms with Crippen molar-refractivity contribution >= 4 is 5.95 Å². The predicted molar refractivity (Wildman–Crippen MR) is 63.8 cm³/mol. The molecule has 0 atom stereocenters. The molecule has 0 unspecified atom stereocenters. The highest BCUT2D eigenvalue weighted by Gasteiger charge is 2.07. The Morgan fingerprint density at radius 2 is 2.25 bits per heavy atom. The fourth-order valence-electron chi connectivity index (χ4n) is 1.53. The first-order valence-corrected chi connectivity index (χ1v) is 5.53. The van der Waals surface area contributed by atoms with Gasteiger partial charge >= 0.3 is 0 Å². The molecule has 0 aliphatic heterocycles. The molecular formula is C11H17N5. The summed E-state index contributed by atoms with van der Waals surface area (Å²) in [5, 5.41) is 7.55. The minimum atomic E-state index is 0.363. The van der Waals surface area contributed by atoms with Crippen molar-refractivity contribution in [3.63, 3.8) is 0 Å². The minimum absolute atomic E-state index is 0.363. The largest absolute Gasteiger partial charge is 0.353 e. The summed E-state index contributed by atoms with van der Waals surface area (Å²) in [5.41, 5.74) is 1.03. The first kappa shape index (κ1) is 10.7. The normalized spacial score (nSPS) is 11.0. The number of aryl methyl sites for hydroxylation is 1. The van der Waals surface area contributed by atoms with Gasteiger partial charge in [-0.3, -0.25) is 9.25 Å². The Bertz CT molecular complexity index is 454. The second-order valence-electron chi connectivity index (χ2n) is 3.97. The number of nitrogens with zero attached hydrogens (tertiary/aromatic N) is 4. The Morgan fingerprint density at radius 1 is 1.44 bits per heavy atom. The van der Waals surface area contributed by atoms with Gasteiger partial charge < -0.3 is 5.32 Å². The van der Waals surface area contributed by atoms with Crippen molar-refractivity contribution < 1.29 is 0 Å². The van der Waals surface area contributed by atoms with E-state index >= 15 is 0 Å². The van der Waals surface area contributed by atoms with E-state index < -0.39 is 0 Å². The van der Waals surface area contributed by atoms with E-state index in [1.165, 1.54) is 0 Å². The van der Waals surface area contributed by atoms with Crippen LogP contribution < -0.4 is 5.32 Å². The van der Waals surface area contributed by atoms with Crippen LogP contribution in [0.2, 0.25) is 0 Å². The van der Waals surface area contributed by atoms with Crippen molar-refractivity contribution in [1.82, 2.24) is 19.3 Å². The molecular weight excluding hydrogens is 202 g/mol. The van der Waals surface area contributed by atoms with E-state index in [1.807, 2.05) is 27.8 Å². The molecule has 0 aliphatic carbocycles. The highest BCUT2D eigenvalue weighted by molar-refractivity contribution is 5.39. The van der Waals surface area contributed by atoms with Gasteiger partial charge in [0.25, 0.3) is 0 Å². The predicted octanol–water partition coefficient (Wildman–Crippen LogP) is 1.91. The van der Waals surface area contributed by atoms with E-state index in [0.717, 1.165) is 18.2 Å². The zero-order chi connectivity index (χ0) is 11.5. The maximum absolute atomic E-state index is 4.28. The Kier molecular flexibility index (Phi) is 2.94. The van der Waals surface area contributed by atoms with Crippen LogP contribution in [0.25, 0.3) is 5.69 Å². The van der Waals surface area contributed by atoms with Crippen molar-refractivity contribution in [3.05, 3.63) is 24.8 Å². The van der Waals surface area contributed by atoms with E-state index in [4.69, 9.17) is 0 Å². The molecule has 5 heteroatoms. The maximum Gasteiger partial charge on any atom is 0.207 e. The lowest BCUT2D eigenvalue weighted by atomic mass is 10.4. The molecule has 1 N–H and O–H groups in total. The van der Waals surface area contributed by atoms with Crippen molar-refractivity contribution in [2.45, 2.75) is 33.4 Å². The van der Waals surface area contributed by atoms with Crippen LogP contribution in [0.5, 0.6) is 0 Å². The molecule has 2 rings (SSSR count). The Hall–Kier alpha value is -1.78. The van der Waals surface area contributed by atoms with Gasteiger partial charge in [0.15, 0.2) is 0 Å². The van der Waals surface area contributed by atoms with Gasteiger partial charge in [-0.15, -0.1) is 0 Å². The minimum Gasteiger partial charge on any atom is -0.353 e. The summed E-state index contributed by atoms with van der Waals surface area (Å²) in [6.45, 7) is 7.13. The quantitative estimate of drug-likeness (QED) is 0.854. The number of nitrogens with one attached hydrogen (secondary N) is 1. The van der Waals surface area contributed by atoms with Gasteiger partial charge in [-0.2, -0.15) is 5.10 Å². The summed E-state index contributed by atoms with van der Waals surface area (Å²) < 4.78 is 3.90. The van der Waals surface area contributed by atoms with E-state index in [0.29, 0.717) is 6.04 Å². The Morgan fingerprint density at radius 3 is 2.88 bits per heavy atom. The van der Waals surface area contributed by atoms with Gasteiger partial charge in [-0.25, -0.2) is 4.98 Å². The van der Waals surface area contributed by atoms with Crippen molar-refractivity contribution in [2.75, 3.05) is 5.32 Å². The third-order valence-electron chi connectivity index (χ3n) is 2.28. The molecule has 0 aliphatic rings. The molecule has 0 aromatic carbocycles. The SMILES string of the molecule is CCn1cc(-n2ccnc2NC(C)C)cn1. The van der Waals surface area contributed by atoms with Gasteiger partial charge in [-0.05, 0) is 20.8 Å². The highest BCUT2D eigenvalue weighted by Crippen LogP contribution is 2.14. The first-order chi connectivity index (χ1) is 7.70. The van der Waals surface area contributed by atoms with E-state index in [1.54, 1.807) is 6.20 Å². The van der Waals surface area contributed by atoms with Crippen LogP contribution in [0, 0.1) is 0 Å². The number of rotatable bonds is 4. The van der Waals surface area contributed by atoms with Gasteiger partial charge in [0.2, 0.25) is 5.95 Å². The van der Waals surface area contributed by atoms with Crippen LogP contribution in [0.15, 0.2) is 24.8 Å². The molecule has 16 heavy (non-hydrogen) atoms. The number of aromatic nitrogens is 4. The summed E-state index contributed by atoms with van der Waals surface area (Å²) >= 11 is 0. The lowest BCUT2D eigenvalue weighted by molar-refractivity contribution is 0.659. The third kappa shape index (κ3) is 2.08. The number of anilines is 1. The lowest BCUT2D eigenvalue weighted by Crippen LogP contribution is -2.13. The second-order valence-corrected chi connectivity index (χ2v) is 3.97. The summed E-state index contributed by atoms with van der Waals surface area (Å²) in [6, 6.07) is 0.363. The number of hydrogen-bond donors (Lipinski definition) is 1. The summed E-state index contributed by atoms with van der Waals surface area (Å²) in [7, 11) is 0. The first-order valence-electron chi connectivity index (χ1n) is 5.53. The van der Waals surface area contributed by atoms with Crippen LogP contribution >= 0.6 is 0 Å². The summed E-state index contributed by atoms with van der Waals surface area (Å²) in [6.07, 6.45) is 7.57. The zero-order valence-electron chi connectivity index (χ0n) is 9.88. The Balaban J connectivity index is 2.29. The number of hydrogen-bond acceptors (Lipinski definition) is 3. The second kappa shape index (κ2) is 4.38. The standard InChI is InChI=1S/C11H17N5/c1-4-15-8-10(7-13-15)16-6-5-12-11(16)14-9(2)3/h5-9H,4H2,1-3H3,(H,12,14). The van der Waals surface area contributed by atoms with Gasteiger partial charge in [0.05, 0.1) is 11.9 Å². The molecule has 2 heterocycles. The Labute approximate surface area is 95.1 Å². The highest BCUT2D eigenvalue weighted by atomic mass is 15.3. The topological polar surface area (TPSA) is 47.7 Å². The van der Waals surface area contributed by atoms with Gasteiger partial charge in [-0.1, -0.05) is 0 Å². The molecule has 0 radical (unpaired) electrons. The molecule has 2 aromatic rings. The van der Waals surface area contributed by atoms with Crippen molar-refractivity contribution in [2.24, 2.45) is 0 Å². The molecule has 0 spiro atoms. The maximum atomic E-state index is 4.28. The van der Waals surface area contributed by atoms with Crippen LogP contribution in [0.3, 0.4) is 0 Å². The molecule has 0 saturated heterocycles. The zero-order valence-corrected chi connectivity index (χ0v) is 9.88. The molecule has 86 valence electrons. The fourth-order valence-corrected chi connectivity index (χ4v) is 1.53. The average Bonchev–Trinajstić information content (AvgIpc) is 2.84. The molecule has 0 fully saturated rings. The molecule has 2 aromatic heterocycles. The summed E-state index contributed by atoms with van der Waals surface area (Å²) in [5.74, 6) is 0.852. The van der Waals surface area contributed by atoms with E-state index in [-0.39, 0.29) is 0 Å². The van der Waals surface area contributed by atoms with Crippen molar-refractivity contribution in [1.29, 1.82) is 0 Å². The molecule has 5 nitrogen and oxygen atoms in total. The lowest BCUT2D eigenvalue weighted by Gasteiger charge is -2.10. The van der Waals surface area contributed by atoms with Crippen LogP contribution in [-0.4, -0.2) is 25.4 Å². The third-order valence-corrected chi connectivity index (χ3v) is 2.28. The fraction of sp³-hybridized carbons (Fsp3) is 0.455. The van der Waals surface area contributed by atoms with Crippen LogP contribution in [-0.2, 0) is 6.54 Å². The van der Waals surface area contributed by atoms with Crippen molar-refractivity contribution in [3.8, 4) is 5.69 Å². The van der Waals surface area contributed by atoms with E-state index in [2.05, 4.69) is 36.2 Å².